The predicted octanol–water partition coefficient (Wildman–Crippen LogP) is 2.91. The lowest BCUT2D eigenvalue weighted by molar-refractivity contribution is -0.144. The summed E-state index contributed by atoms with van der Waals surface area (Å²) in [7, 11) is 0. The van der Waals surface area contributed by atoms with Crippen LogP contribution in [0.3, 0.4) is 0 Å². The van der Waals surface area contributed by atoms with Gasteiger partial charge in [-0.3, -0.25) is 9.69 Å². The van der Waals surface area contributed by atoms with Crippen molar-refractivity contribution in [2.24, 2.45) is 0 Å². The molecular formula is C15H22FNO2. The molecule has 19 heavy (non-hydrogen) atoms. The average molecular weight is 267 g/mol. The van der Waals surface area contributed by atoms with Gasteiger partial charge in [0, 0.05) is 6.54 Å². The molecule has 0 N–H and O–H groups in total. The van der Waals surface area contributed by atoms with Gasteiger partial charge in [-0.05, 0) is 50.1 Å². The monoisotopic (exact) mass is 267 g/mol. The maximum absolute atomic E-state index is 13.3. The first-order chi connectivity index (χ1) is 9.06. The minimum absolute atomic E-state index is 0.231. The van der Waals surface area contributed by atoms with Gasteiger partial charge in [0.2, 0.25) is 0 Å². The van der Waals surface area contributed by atoms with E-state index in [9.17, 15) is 9.18 Å². The van der Waals surface area contributed by atoms with Gasteiger partial charge in [-0.1, -0.05) is 13.0 Å². The molecular weight excluding hydrogens is 245 g/mol. The number of hydrogen-bond acceptors (Lipinski definition) is 3. The number of carbonyl (C=O) groups is 1. The molecule has 0 atom stereocenters. The molecule has 1 aromatic rings. The Morgan fingerprint density at radius 2 is 2.11 bits per heavy atom. The highest BCUT2D eigenvalue weighted by atomic mass is 19.1. The molecule has 4 heteroatoms. The van der Waals surface area contributed by atoms with Crippen molar-refractivity contribution in [1.82, 2.24) is 4.90 Å². The minimum atomic E-state index is -0.242. The second-order valence-corrected chi connectivity index (χ2v) is 4.59. The van der Waals surface area contributed by atoms with Gasteiger partial charge < -0.3 is 4.74 Å². The van der Waals surface area contributed by atoms with E-state index in [4.69, 9.17) is 4.74 Å². The maximum atomic E-state index is 13.3. The molecule has 1 rings (SSSR count). The number of benzene rings is 1. The number of esters is 1. The number of hydrogen-bond donors (Lipinski definition) is 0. The van der Waals surface area contributed by atoms with Gasteiger partial charge in [-0.15, -0.1) is 0 Å². The quantitative estimate of drug-likeness (QED) is 0.711. The van der Waals surface area contributed by atoms with Crippen molar-refractivity contribution < 1.29 is 13.9 Å². The van der Waals surface area contributed by atoms with Crippen LogP contribution in [-0.4, -0.2) is 30.6 Å². The highest BCUT2D eigenvalue weighted by Crippen LogP contribution is 2.13. The Kier molecular flexibility index (Phi) is 6.50. The molecule has 3 nitrogen and oxygen atoms in total. The lowest BCUT2D eigenvalue weighted by Gasteiger charge is -2.21. The van der Waals surface area contributed by atoms with Gasteiger partial charge in [-0.2, -0.15) is 0 Å². The maximum Gasteiger partial charge on any atom is 0.320 e. The first-order valence-electron chi connectivity index (χ1n) is 6.69. The molecule has 0 aliphatic rings. The van der Waals surface area contributed by atoms with E-state index in [1.807, 2.05) is 11.8 Å². The Bertz CT molecular complexity index is 421. The third-order valence-corrected chi connectivity index (χ3v) is 2.90. The van der Waals surface area contributed by atoms with E-state index < -0.39 is 0 Å². The van der Waals surface area contributed by atoms with Crippen molar-refractivity contribution in [3.8, 4) is 0 Å². The van der Waals surface area contributed by atoms with Crippen LogP contribution in [0.5, 0.6) is 0 Å². The van der Waals surface area contributed by atoms with Crippen molar-refractivity contribution in [1.29, 1.82) is 0 Å². The van der Waals surface area contributed by atoms with Gasteiger partial charge in [-0.25, -0.2) is 4.39 Å². The van der Waals surface area contributed by atoms with E-state index in [2.05, 4.69) is 6.92 Å². The van der Waals surface area contributed by atoms with Gasteiger partial charge in [0.1, 0.15) is 5.82 Å². The standard InChI is InChI=1S/C15H22FNO2/c1-4-8-17(11-15(18)19-5-2)10-13-9-14(16)7-6-12(13)3/h6-7,9H,4-5,8,10-11H2,1-3H3. The molecule has 0 saturated carbocycles. The zero-order valence-electron chi connectivity index (χ0n) is 11.9. The van der Waals surface area contributed by atoms with E-state index in [0.29, 0.717) is 13.2 Å². The molecule has 0 fully saturated rings. The molecule has 0 radical (unpaired) electrons. The van der Waals surface area contributed by atoms with Crippen molar-refractivity contribution in [2.75, 3.05) is 19.7 Å². The summed E-state index contributed by atoms with van der Waals surface area (Å²) in [6.45, 7) is 7.78. The summed E-state index contributed by atoms with van der Waals surface area (Å²) in [5.41, 5.74) is 1.95. The fourth-order valence-corrected chi connectivity index (χ4v) is 1.97. The topological polar surface area (TPSA) is 29.5 Å². The zero-order chi connectivity index (χ0) is 14.3. The Hall–Kier alpha value is -1.42. The SMILES string of the molecule is CCCN(CC(=O)OCC)Cc1cc(F)ccc1C. The number of rotatable bonds is 7. The molecule has 0 unspecified atom stereocenters. The van der Waals surface area contributed by atoms with Crippen LogP contribution in [0.1, 0.15) is 31.4 Å². The molecule has 0 bridgehead atoms. The summed E-state index contributed by atoms with van der Waals surface area (Å²) < 4.78 is 18.2. The summed E-state index contributed by atoms with van der Waals surface area (Å²) in [5.74, 6) is -0.474. The first kappa shape index (κ1) is 15.6. The normalized spacial score (nSPS) is 10.8. The van der Waals surface area contributed by atoms with Crippen molar-refractivity contribution >= 4 is 5.97 Å². The van der Waals surface area contributed by atoms with E-state index in [-0.39, 0.29) is 18.3 Å². The third-order valence-electron chi connectivity index (χ3n) is 2.90. The molecule has 0 aromatic heterocycles. The van der Waals surface area contributed by atoms with Crippen LogP contribution in [0.4, 0.5) is 4.39 Å². The molecule has 106 valence electrons. The molecule has 0 heterocycles. The number of carbonyl (C=O) groups excluding carboxylic acids is 1. The first-order valence-corrected chi connectivity index (χ1v) is 6.69. The summed E-state index contributed by atoms with van der Waals surface area (Å²) in [4.78, 5) is 13.5. The summed E-state index contributed by atoms with van der Waals surface area (Å²) in [6, 6.07) is 4.75. The summed E-state index contributed by atoms with van der Waals surface area (Å²) in [5, 5.41) is 0. The van der Waals surface area contributed by atoms with Gasteiger partial charge >= 0.3 is 5.97 Å². The van der Waals surface area contributed by atoms with Crippen LogP contribution in [0, 0.1) is 12.7 Å². The molecule has 1 aromatic carbocycles. The number of halogens is 1. The molecule has 0 saturated heterocycles. The third kappa shape index (κ3) is 5.39. The highest BCUT2D eigenvalue weighted by molar-refractivity contribution is 5.71. The van der Waals surface area contributed by atoms with Gasteiger partial charge in [0.05, 0.1) is 13.2 Å². The van der Waals surface area contributed by atoms with E-state index in [1.54, 1.807) is 13.0 Å². The Morgan fingerprint density at radius 1 is 1.37 bits per heavy atom. The van der Waals surface area contributed by atoms with Crippen LogP contribution in [-0.2, 0) is 16.1 Å². The Balaban J connectivity index is 2.71. The van der Waals surface area contributed by atoms with Gasteiger partial charge in [0.25, 0.3) is 0 Å². The number of ether oxygens (including phenoxy) is 1. The molecule has 0 amide bonds. The summed E-state index contributed by atoms with van der Waals surface area (Å²) in [6.07, 6.45) is 0.938. The summed E-state index contributed by atoms with van der Waals surface area (Å²) >= 11 is 0. The van der Waals surface area contributed by atoms with Gasteiger partial charge in [0.15, 0.2) is 0 Å². The van der Waals surface area contributed by atoms with Crippen LogP contribution in [0.2, 0.25) is 0 Å². The number of aryl methyl sites for hydroxylation is 1. The largest absolute Gasteiger partial charge is 0.465 e. The van der Waals surface area contributed by atoms with Crippen LogP contribution in [0.25, 0.3) is 0 Å². The van der Waals surface area contributed by atoms with E-state index in [1.165, 1.54) is 12.1 Å². The van der Waals surface area contributed by atoms with Crippen molar-refractivity contribution in [3.05, 3.63) is 35.1 Å². The van der Waals surface area contributed by atoms with Crippen molar-refractivity contribution in [3.63, 3.8) is 0 Å². The number of nitrogens with zero attached hydrogens (tertiary/aromatic N) is 1. The fraction of sp³-hybridized carbons (Fsp3) is 0.533. The second-order valence-electron chi connectivity index (χ2n) is 4.59. The Morgan fingerprint density at radius 3 is 2.74 bits per heavy atom. The molecule has 0 spiro atoms. The predicted molar refractivity (Wildman–Crippen MR) is 73.3 cm³/mol. The Labute approximate surface area is 114 Å². The second kappa shape index (κ2) is 7.89. The van der Waals surface area contributed by atoms with Crippen molar-refractivity contribution in [2.45, 2.75) is 33.7 Å². The van der Waals surface area contributed by atoms with Crippen LogP contribution < -0.4 is 0 Å². The lowest BCUT2D eigenvalue weighted by Crippen LogP contribution is -2.31. The molecule has 0 aliphatic heterocycles. The van der Waals surface area contributed by atoms with E-state index in [0.717, 1.165) is 24.1 Å². The van der Waals surface area contributed by atoms with E-state index >= 15 is 0 Å². The minimum Gasteiger partial charge on any atom is -0.465 e. The highest BCUT2D eigenvalue weighted by Gasteiger charge is 2.12. The van der Waals surface area contributed by atoms with Crippen LogP contribution in [0.15, 0.2) is 18.2 Å². The van der Waals surface area contributed by atoms with Crippen LogP contribution >= 0.6 is 0 Å². The fourth-order valence-electron chi connectivity index (χ4n) is 1.97. The molecule has 0 aliphatic carbocycles. The lowest BCUT2D eigenvalue weighted by atomic mass is 10.1. The average Bonchev–Trinajstić information content (AvgIpc) is 2.34. The smallest absolute Gasteiger partial charge is 0.320 e. The zero-order valence-corrected chi connectivity index (χ0v) is 11.9.